The third-order valence-corrected chi connectivity index (χ3v) is 5.46. The fourth-order valence-corrected chi connectivity index (χ4v) is 3.97. The van der Waals surface area contributed by atoms with Crippen molar-refractivity contribution in [3.8, 4) is 0 Å². The Bertz CT molecular complexity index is 423. The molecule has 0 spiro atoms. The van der Waals surface area contributed by atoms with Crippen molar-refractivity contribution in [1.29, 1.82) is 0 Å². The summed E-state index contributed by atoms with van der Waals surface area (Å²) in [5.74, 6) is 0.563. The molecule has 2 aliphatic heterocycles. The van der Waals surface area contributed by atoms with E-state index >= 15 is 0 Å². The lowest BCUT2D eigenvalue weighted by molar-refractivity contribution is 0.0164. The van der Waals surface area contributed by atoms with Crippen LogP contribution in [0.2, 0.25) is 0 Å². The van der Waals surface area contributed by atoms with Crippen molar-refractivity contribution in [2.45, 2.75) is 77.0 Å². The van der Waals surface area contributed by atoms with Gasteiger partial charge in [0.1, 0.15) is 5.60 Å². The van der Waals surface area contributed by atoms with Crippen LogP contribution in [0.25, 0.3) is 0 Å². The third kappa shape index (κ3) is 5.35. The Hall–Kier alpha value is -0.810. The van der Waals surface area contributed by atoms with Crippen LogP contribution in [0.1, 0.15) is 59.3 Å². The van der Waals surface area contributed by atoms with Gasteiger partial charge in [-0.1, -0.05) is 0 Å². The van der Waals surface area contributed by atoms with Crippen LogP contribution in [0, 0.1) is 5.92 Å². The van der Waals surface area contributed by atoms with E-state index < -0.39 is 5.60 Å². The molecule has 0 radical (unpaired) electrons. The molecule has 0 aromatic heterocycles. The zero-order valence-corrected chi connectivity index (χ0v) is 15.7. The van der Waals surface area contributed by atoms with Crippen molar-refractivity contribution < 1.29 is 9.53 Å². The highest BCUT2D eigenvalue weighted by molar-refractivity contribution is 5.68. The molecule has 2 saturated heterocycles. The van der Waals surface area contributed by atoms with Gasteiger partial charge in [-0.2, -0.15) is 0 Å². The molecule has 24 heavy (non-hydrogen) atoms. The van der Waals surface area contributed by atoms with Crippen molar-refractivity contribution in [3.63, 3.8) is 0 Å². The molecule has 3 rings (SSSR count). The second kappa shape index (κ2) is 7.61. The first kappa shape index (κ1) is 18.0. The first-order chi connectivity index (χ1) is 11.4. The molecular formula is C19H35N3O2. The average Bonchev–Trinajstić information content (AvgIpc) is 3.37. The molecule has 1 unspecified atom stereocenters. The van der Waals surface area contributed by atoms with Gasteiger partial charge in [0.2, 0.25) is 0 Å². The quantitative estimate of drug-likeness (QED) is 0.857. The Morgan fingerprint density at radius 2 is 1.79 bits per heavy atom. The van der Waals surface area contributed by atoms with Crippen molar-refractivity contribution in [1.82, 2.24) is 15.1 Å². The van der Waals surface area contributed by atoms with E-state index in [0.717, 1.165) is 32.1 Å². The van der Waals surface area contributed by atoms with Gasteiger partial charge in [-0.15, -0.1) is 0 Å². The average molecular weight is 338 g/mol. The molecule has 0 bridgehead atoms. The summed E-state index contributed by atoms with van der Waals surface area (Å²) in [6, 6.07) is 1.57. The number of rotatable bonds is 4. The molecule has 1 atom stereocenters. The van der Waals surface area contributed by atoms with Gasteiger partial charge in [0.15, 0.2) is 0 Å². The van der Waals surface area contributed by atoms with E-state index in [9.17, 15) is 4.79 Å². The number of hydrogen-bond donors (Lipinski definition) is 1. The molecule has 3 fully saturated rings. The summed E-state index contributed by atoms with van der Waals surface area (Å²) in [6.45, 7) is 11.0. The minimum Gasteiger partial charge on any atom is -0.444 e. The van der Waals surface area contributed by atoms with Crippen molar-refractivity contribution >= 4 is 6.09 Å². The molecule has 1 aliphatic carbocycles. The van der Waals surface area contributed by atoms with Crippen LogP contribution in [-0.2, 0) is 4.74 Å². The van der Waals surface area contributed by atoms with Gasteiger partial charge in [0.05, 0.1) is 0 Å². The smallest absolute Gasteiger partial charge is 0.410 e. The monoisotopic (exact) mass is 337 g/mol. The summed E-state index contributed by atoms with van der Waals surface area (Å²) in [7, 11) is 0. The minimum absolute atomic E-state index is 0.148. The summed E-state index contributed by atoms with van der Waals surface area (Å²) in [4.78, 5) is 16.8. The summed E-state index contributed by atoms with van der Waals surface area (Å²) in [6.07, 6.45) is 7.54. The lowest BCUT2D eigenvalue weighted by atomic mass is 9.97. The second-order valence-corrected chi connectivity index (χ2v) is 8.88. The molecule has 1 N–H and O–H groups in total. The largest absolute Gasteiger partial charge is 0.444 e. The topological polar surface area (TPSA) is 44.8 Å². The Labute approximate surface area is 147 Å². The van der Waals surface area contributed by atoms with Crippen LogP contribution in [0.5, 0.6) is 0 Å². The van der Waals surface area contributed by atoms with Gasteiger partial charge in [-0.25, -0.2) is 4.79 Å². The number of hydrogen-bond acceptors (Lipinski definition) is 4. The van der Waals surface area contributed by atoms with Gasteiger partial charge in [-0.05, 0) is 84.8 Å². The number of carbonyl (C=O) groups excluding carboxylic acids is 1. The normalized spacial score (nSPS) is 27.3. The van der Waals surface area contributed by atoms with Crippen LogP contribution in [0.15, 0.2) is 0 Å². The highest BCUT2D eigenvalue weighted by Crippen LogP contribution is 2.29. The first-order valence-electron chi connectivity index (χ1n) is 9.86. The van der Waals surface area contributed by atoms with Gasteiger partial charge >= 0.3 is 6.09 Å². The maximum atomic E-state index is 12.2. The van der Waals surface area contributed by atoms with Crippen LogP contribution < -0.4 is 5.32 Å². The fraction of sp³-hybridized carbons (Fsp3) is 0.947. The zero-order valence-electron chi connectivity index (χ0n) is 15.7. The molecule has 3 aliphatic rings. The molecule has 0 aromatic carbocycles. The first-order valence-corrected chi connectivity index (χ1v) is 9.86. The van der Waals surface area contributed by atoms with Crippen LogP contribution in [-0.4, -0.2) is 66.3 Å². The molecule has 1 saturated carbocycles. The maximum Gasteiger partial charge on any atom is 0.410 e. The van der Waals surface area contributed by atoms with Gasteiger partial charge in [0, 0.05) is 25.2 Å². The zero-order chi connectivity index (χ0) is 17.2. The SMILES string of the molecule is CC(C)(C)OC(=O)N1CCCC(CNC2CCN(C3CC3)CC2)C1. The van der Waals surface area contributed by atoms with Crippen LogP contribution >= 0.6 is 0 Å². The lowest BCUT2D eigenvalue weighted by Crippen LogP contribution is -2.48. The minimum atomic E-state index is -0.405. The van der Waals surface area contributed by atoms with Gasteiger partial charge in [0.25, 0.3) is 0 Å². The number of nitrogens with one attached hydrogen (secondary N) is 1. The highest BCUT2D eigenvalue weighted by Gasteiger charge is 2.32. The maximum absolute atomic E-state index is 12.2. The van der Waals surface area contributed by atoms with Gasteiger partial charge < -0.3 is 19.9 Å². The van der Waals surface area contributed by atoms with Crippen molar-refractivity contribution in [2.75, 3.05) is 32.7 Å². The highest BCUT2D eigenvalue weighted by atomic mass is 16.6. The molecule has 5 nitrogen and oxygen atoms in total. The molecule has 2 heterocycles. The van der Waals surface area contributed by atoms with E-state index in [2.05, 4.69) is 10.2 Å². The standard InChI is InChI=1S/C19H35N3O2/c1-19(2,3)24-18(23)22-10-4-5-15(14-22)13-20-16-8-11-21(12-9-16)17-6-7-17/h15-17,20H,4-14H2,1-3H3. The van der Waals surface area contributed by atoms with Crippen molar-refractivity contribution in [3.05, 3.63) is 0 Å². The van der Waals surface area contributed by atoms with E-state index in [0.29, 0.717) is 12.0 Å². The number of nitrogens with zero attached hydrogens (tertiary/aromatic N) is 2. The summed E-state index contributed by atoms with van der Waals surface area (Å²) in [5.41, 5.74) is -0.405. The van der Waals surface area contributed by atoms with E-state index in [1.165, 1.54) is 45.2 Å². The Balaban J connectivity index is 1.37. The molecule has 138 valence electrons. The number of amides is 1. The van der Waals surface area contributed by atoms with E-state index in [-0.39, 0.29) is 6.09 Å². The van der Waals surface area contributed by atoms with Crippen LogP contribution in [0.3, 0.4) is 0 Å². The molecular weight excluding hydrogens is 302 g/mol. The van der Waals surface area contributed by atoms with Gasteiger partial charge in [-0.3, -0.25) is 0 Å². The lowest BCUT2D eigenvalue weighted by Gasteiger charge is -2.36. The van der Waals surface area contributed by atoms with E-state index in [1.54, 1.807) is 0 Å². The number of likely N-dealkylation sites (tertiary alicyclic amines) is 2. The Kier molecular flexibility index (Phi) is 5.70. The molecule has 1 amide bonds. The fourth-order valence-electron chi connectivity index (χ4n) is 3.97. The van der Waals surface area contributed by atoms with Crippen molar-refractivity contribution in [2.24, 2.45) is 5.92 Å². The summed E-state index contributed by atoms with van der Waals surface area (Å²) >= 11 is 0. The Morgan fingerprint density at radius 3 is 2.42 bits per heavy atom. The van der Waals surface area contributed by atoms with E-state index in [1.807, 2.05) is 25.7 Å². The number of piperidine rings is 2. The number of carbonyl (C=O) groups is 1. The molecule has 5 heteroatoms. The number of ether oxygens (including phenoxy) is 1. The third-order valence-electron chi connectivity index (χ3n) is 5.46. The van der Waals surface area contributed by atoms with Crippen LogP contribution in [0.4, 0.5) is 4.79 Å². The Morgan fingerprint density at radius 1 is 1.08 bits per heavy atom. The second-order valence-electron chi connectivity index (χ2n) is 8.88. The summed E-state index contributed by atoms with van der Waals surface area (Å²) in [5, 5.41) is 3.77. The van der Waals surface area contributed by atoms with E-state index in [4.69, 9.17) is 4.74 Å². The predicted molar refractivity (Wildman–Crippen MR) is 96.2 cm³/mol. The molecule has 0 aromatic rings. The summed E-state index contributed by atoms with van der Waals surface area (Å²) < 4.78 is 5.52. The predicted octanol–water partition coefficient (Wildman–Crippen LogP) is 2.85.